The summed E-state index contributed by atoms with van der Waals surface area (Å²) in [6.07, 6.45) is 3.46. The van der Waals surface area contributed by atoms with Crippen LogP contribution in [-0.4, -0.2) is 71.7 Å². The van der Waals surface area contributed by atoms with Gasteiger partial charge in [-0.1, -0.05) is 37.3 Å². The molecule has 2 aromatic carbocycles. The minimum absolute atomic E-state index is 0.0762. The van der Waals surface area contributed by atoms with Crippen LogP contribution in [-0.2, 0) is 5.54 Å². The van der Waals surface area contributed by atoms with E-state index in [2.05, 4.69) is 11.8 Å². The van der Waals surface area contributed by atoms with Gasteiger partial charge in [0.05, 0.1) is 6.61 Å². The van der Waals surface area contributed by atoms with Crippen LogP contribution in [0.15, 0.2) is 54.6 Å². The Balaban J connectivity index is 1.70. The van der Waals surface area contributed by atoms with E-state index in [1.54, 1.807) is 22.9 Å². The molecule has 0 bridgehead atoms. The number of carbonyl (C=O) groups excluding carboxylic acids is 1. The molecule has 2 amide bonds. The molecule has 1 unspecified atom stereocenters. The van der Waals surface area contributed by atoms with Crippen molar-refractivity contribution in [3.63, 3.8) is 0 Å². The number of likely N-dealkylation sites (tertiary alicyclic amines) is 1. The van der Waals surface area contributed by atoms with Crippen LogP contribution in [0.2, 0.25) is 0 Å². The van der Waals surface area contributed by atoms with Crippen molar-refractivity contribution >= 4 is 11.6 Å². The lowest BCUT2D eigenvalue weighted by molar-refractivity contribution is 0.0688. The smallest absolute Gasteiger partial charge is 0.321 e. The van der Waals surface area contributed by atoms with Crippen LogP contribution in [0.3, 0.4) is 0 Å². The number of hydrogen-bond donors (Lipinski definition) is 1. The minimum Gasteiger partial charge on any atom is -0.393 e. The van der Waals surface area contributed by atoms with Crippen LogP contribution in [0.4, 0.5) is 13.6 Å². The topological polar surface area (TPSA) is 47.0 Å². The standard InChI is InChI=1S/C26H31F2N3O2/c1-3-30-13-11-22(12-14-30)29(2)25(33)31-17-19(23-15-21(27)9-10-24(23)28)16-26(31,18-32)20-7-5-4-6-8-20/h4-10,15-16,22,32H,3,11-14,17-18H2,1-2H3. The Kier molecular flexibility index (Phi) is 6.81. The highest BCUT2D eigenvalue weighted by Gasteiger charge is 2.46. The Hall–Kier alpha value is -2.77. The first-order valence-corrected chi connectivity index (χ1v) is 11.5. The average Bonchev–Trinajstić information content (AvgIpc) is 3.26. The lowest BCUT2D eigenvalue weighted by Crippen LogP contribution is -2.55. The Labute approximate surface area is 193 Å². The van der Waals surface area contributed by atoms with Gasteiger partial charge in [0.2, 0.25) is 0 Å². The van der Waals surface area contributed by atoms with Gasteiger partial charge in [0, 0.05) is 38.3 Å². The summed E-state index contributed by atoms with van der Waals surface area (Å²) in [6, 6.07) is 12.4. The van der Waals surface area contributed by atoms with Crippen molar-refractivity contribution < 1.29 is 18.7 Å². The van der Waals surface area contributed by atoms with Gasteiger partial charge in [-0.3, -0.25) is 0 Å². The number of aliphatic hydroxyl groups is 1. The first kappa shape index (κ1) is 23.4. The van der Waals surface area contributed by atoms with Crippen LogP contribution in [0.5, 0.6) is 0 Å². The second-order valence-corrected chi connectivity index (χ2v) is 8.89. The Bertz CT molecular complexity index is 1020. The lowest BCUT2D eigenvalue weighted by atomic mass is 9.89. The van der Waals surface area contributed by atoms with Gasteiger partial charge in [0.1, 0.15) is 17.2 Å². The minimum atomic E-state index is -1.16. The summed E-state index contributed by atoms with van der Waals surface area (Å²) in [5.74, 6) is -1.11. The van der Waals surface area contributed by atoms with E-state index in [1.807, 2.05) is 30.3 Å². The highest BCUT2D eigenvalue weighted by molar-refractivity contribution is 5.83. The molecule has 0 saturated carbocycles. The molecule has 0 spiro atoms. The summed E-state index contributed by atoms with van der Waals surface area (Å²) in [5.41, 5.74) is 0.150. The predicted octanol–water partition coefficient (Wildman–Crippen LogP) is 4.09. The van der Waals surface area contributed by atoms with Crippen molar-refractivity contribution in [1.82, 2.24) is 14.7 Å². The molecule has 1 atom stereocenters. The molecule has 5 nitrogen and oxygen atoms in total. The van der Waals surface area contributed by atoms with Crippen molar-refractivity contribution in [3.8, 4) is 0 Å². The number of aliphatic hydroxyl groups excluding tert-OH is 1. The van der Waals surface area contributed by atoms with Gasteiger partial charge < -0.3 is 19.8 Å². The van der Waals surface area contributed by atoms with Crippen LogP contribution in [0.1, 0.15) is 30.9 Å². The van der Waals surface area contributed by atoms with E-state index in [-0.39, 0.29) is 30.8 Å². The predicted molar refractivity (Wildman–Crippen MR) is 125 cm³/mol. The van der Waals surface area contributed by atoms with Gasteiger partial charge >= 0.3 is 6.03 Å². The zero-order valence-corrected chi connectivity index (χ0v) is 19.2. The van der Waals surface area contributed by atoms with Crippen molar-refractivity contribution in [1.29, 1.82) is 0 Å². The number of amides is 2. The third kappa shape index (κ3) is 4.39. The van der Waals surface area contributed by atoms with E-state index in [0.717, 1.165) is 56.2 Å². The van der Waals surface area contributed by atoms with Crippen LogP contribution >= 0.6 is 0 Å². The third-order valence-corrected chi connectivity index (χ3v) is 7.10. The fourth-order valence-corrected chi connectivity index (χ4v) is 5.03. The molecule has 176 valence electrons. The number of piperidine rings is 1. The van der Waals surface area contributed by atoms with E-state index in [9.17, 15) is 18.7 Å². The molecular formula is C26H31F2N3O2. The van der Waals surface area contributed by atoms with E-state index >= 15 is 0 Å². The number of urea groups is 1. The second-order valence-electron chi connectivity index (χ2n) is 8.89. The molecule has 4 rings (SSSR count). The summed E-state index contributed by atoms with van der Waals surface area (Å²) in [4.78, 5) is 19.5. The molecule has 1 saturated heterocycles. The lowest BCUT2D eigenvalue weighted by Gasteiger charge is -2.42. The third-order valence-electron chi connectivity index (χ3n) is 7.10. The monoisotopic (exact) mass is 455 g/mol. The number of carbonyl (C=O) groups is 1. The quantitative estimate of drug-likeness (QED) is 0.739. The molecule has 0 aromatic heterocycles. The maximum absolute atomic E-state index is 14.6. The summed E-state index contributed by atoms with van der Waals surface area (Å²) < 4.78 is 28.6. The fraction of sp³-hybridized carbons (Fsp3) is 0.423. The van der Waals surface area contributed by atoms with Gasteiger partial charge in [0.15, 0.2) is 0 Å². The number of benzene rings is 2. The first-order valence-electron chi connectivity index (χ1n) is 11.5. The zero-order valence-electron chi connectivity index (χ0n) is 19.2. The number of hydrogen-bond acceptors (Lipinski definition) is 3. The molecule has 2 aliphatic heterocycles. The van der Waals surface area contributed by atoms with Crippen molar-refractivity contribution in [3.05, 3.63) is 77.4 Å². The molecular weight excluding hydrogens is 424 g/mol. The summed E-state index contributed by atoms with van der Waals surface area (Å²) in [7, 11) is 1.79. The summed E-state index contributed by atoms with van der Waals surface area (Å²) >= 11 is 0. The first-order chi connectivity index (χ1) is 15.9. The van der Waals surface area contributed by atoms with E-state index in [0.29, 0.717) is 5.57 Å². The van der Waals surface area contributed by atoms with E-state index in [1.165, 1.54) is 0 Å². The normalized spacial score (nSPS) is 21.8. The molecule has 1 N–H and O–H groups in total. The second kappa shape index (κ2) is 9.61. The Morgan fingerprint density at radius 1 is 1.15 bits per heavy atom. The average molecular weight is 456 g/mol. The zero-order chi connectivity index (χ0) is 23.6. The summed E-state index contributed by atoms with van der Waals surface area (Å²) in [5, 5.41) is 10.6. The molecule has 0 radical (unpaired) electrons. The largest absolute Gasteiger partial charge is 0.393 e. The SMILES string of the molecule is CCN1CCC(N(C)C(=O)N2CC(c3cc(F)ccc3F)=CC2(CO)c2ccccc2)CC1. The fourth-order valence-electron chi connectivity index (χ4n) is 5.03. The number of halogens is 2. The maximum Gasteiger partial charge on any atom is 0.321 e. The molecule has 2 aliphatic rings. The van der Waals surface area contributed by atoms with Gasteiger partial charge in [-0.05, 0) is 54.8 Å². The Morgan fingerprint density at radius 3 is 2.48 bits per heavy atom. The Morgan fingerprint density at radius 2 is 1.85 bits per heavy atom. The van der Waals surface area contributed by atoms with Crippen molar-refractivity contribution in [2.24, 2.45) is 0 Å². The molecule has 2 aromatic rings. The van der Waals surface area contributed by atoms with Crippen LogP contribution < -0.4 is 0 Å². The number of rotatable bonds is 5. The molecule has 2 heterocycles. The van der Waals surface area contributed by atoms with E-state index < -0.39 is 17.2 Å². The van der Waals surface area contributed by atoms with E-state index in [4.69, 9.17) is 0 Å². The van der Waals surface area contributed by atoms with Crippen molar-refractivity contribution in [2.45, 2.75) is 31.3 Å². The van der Waals surface area contributed by atoms with Gasteiger partial charge in [0.25, 0.3) is 0 Å². The van der Waals surface area contributed by atoms with Crippen LogP contribution in [0.25, 0.3) is 5.57 Å². The van der Waals surface area contributed by atoms with Gasteiger partial charge in [-0.15, -0.1) is 0 Å². The highest BCUT2D eigenvalue weighted by Crippen LogP contribution is 2.41. The maximum atomic E-state index is 14.6. The molecule has 7 heteroatoms. The van der Waals surface area contributed by atoms with Crippen LogP contribution in [0, 0.1) is 11.6 Å². The van der Waals surface area contributed by atoms with Gasteiger partial charge in [-0.2, -0.15) is 0 Å². The molecule has 0 aliphatic carbocycles. The molecule has 33 heavy (non-hydrogen) atoms. The van der Waals surface area contributed by atoms with Gasteiger partial charge in [-0.25, -0.2) is 13.6 Å². The number of nitrogens with zero attached hydrogens (tertiary/aromatic N) is 3. The highest BCUT2D eigenvalue weighted by atomic mass is 19.1. The molecule has 1 fully saturated rings. The van der Waals surface area contributed by atoms with Crippen molar-refractivity contribution in [2.75, 3.05) is 39.8 Å². The summed E-state index contributed by atoms with van der Waals surface area (Å²) in [6.45, 7) is 4.69.